The van der Waals surface area contributed by atoms with E-state index in [1.165, 1.54) is 0 Å². The van der Waals surface area contributed by atoms with Gasteiger partial charge in [-0.15, -0.1) is 0 Å². The Hall–Kier alpha value is 0.945. The summed E-state index contributed by atoms with van der Waals surface area (Å²) in [6, 6.07) is 0. The van der Waals surface area contributed by atoms with Crippen LogP contribution in [0.3, 0.4) is 0 Å². The molecule has 0 aliphatic rings. The van der Waals surface area contributed by atoms with Gasteiger partial charge in [0.05, 0.1) is 0 Å². The van der Waals surface area contributed by atoms with E-state index in [4.69, 9.17) is 14.0 Å². The molecule has 3 nitrogen and oxygen atoms in total. The van der Waals surface area contributed by atoms with Crippen LogP contribution in [0, 0.1) is 17.8 Å². The third kappa shape index (κ3) is 14.9. The molecule has 0 heterocycles. The van der Waals surface area contributed by atoms with Crippen LogP contribution < -0.4 is 29.6 Å². The fourth-order valence-corrected chi connectivity index (χ4v) is 0.957. The SMILES string of the molecule is CC(C)CO[B-](OCC(C)C)OCC(C)C.[Na+]. The standard InChI is InChI=1S/C12H27BO3.Na/c1-10(2)7-14-13(15-8-11(3)4)16-9-12(5)6;/h10-12H,7-9H2,1-6H3;/q-1;+1. The van der Waals surface area contributed by atoms with Crippen LogP contribution in [0.2, 0.25) is 0 Å². The number of hydrogen-bond acceptors (Lipinski definition) is 3. The molecule has 0 aromatic heterocycles. The summed E-state index contributed by atoms with van der Waals surface area (Å²) in [7, 11) is -0.507. The molecule has 0 fully saturated rings. The Morgan fingerprint density at radius 1 is 0.647 bits per heavy atom. The van der Waals surface area contributed by atoms with Crippen LogP contribution in [-0.2, 0) is 14.0 Å². The van der Waals surface area contributed by atoms with E-state index in [2.05, 4.69) is 41.5 Å². The van der Waals surface area contributed by atoms with Gasteiger partial charge < -0.3 is 14.0 Å². The van der Waals surface area contributed by atoms with Crippen molar-refractivity contribution in [3.05, 3.63) is 0 Å². The maximum absolute atomic E-state index is 5.56. The third-order valence-corrected chi connectivity index (χ3v) is 1.70. The zero-order valence-corrected chi connectivity index (χ0v) is 14.7. The molecule has 0 aromatic carbocycles. The summed E-state index contributed by atoms with van der Waals surface area (Å²) in [6.07, 6.45) is 0. The summed E-state index contributed by atoms with van der Waals surface area (Å²) in [5, 5.41) is 0. The monoisotopic (exact) mass is 253 g/mol. The average Bonchev–Trinajstić information content (AvgIpc) is 2.15. The minimum atomic E-state index is -0.507. The summed E-state index contributed by atoms with van der Waals surface area (Å²) in [6.45, 7) is 14.7. The molecular weight excluding hydrogens is 226 g/mol. The number of rotatable bonds is 9. The van der Waals surface area contributed by atoms with Crippen LogP contribution in [0.15, 0.2) is 0 Å². The van der Waals surface area contributed by atoms with Gasteiger partial charge in [-0.05, 0) is 17.8 Å². The molecule has 0 unspecified atom stereocenters. The van der Waals surface area contributed by atoms with Crippen LogP contribution in [0.4, 0.5) is 0 Å². The smallest absolute Gasteiger partial charge is 0.566 e. The summed E-state index contributed by atoms with van der Waals surface area (Å²) >= 11 is 0. The van der Waals surface area contributed by atoms with Gasteiger partial charge in [0.15, 0.2) is 0 Å². The van der Waals surface area contributed by atoms with Gasteiger partial charge in [0.2, 0.25) is 0 Å². The second kappa shape index (κ2) is 12.0. The van der Waals surface area contributed by atoms with E-state index in [0.29, 0.717) is 37.6 Å². The van der Waals surface area contributed by atoms with Gasteiger partial charge in [0, 0.05) is 19.8 Å². The van der Waals surface area contributed by atoms with Gasteiger partial charge in [-0.25, -0.2) is 0 Å². The normalized spacial score (nSPS) is 11.6. The predicted octanol–water partition coefficient (Wildman–Crippen LogP) is -0.00690. The topological polar surface area (TPSA) is 27.7 Å². The van der Waals surface area contributed by atoms with Crippen molar-refractivity contribution in [2.45, 2.75) is 41.5 Å². The molecule has 0 aliphatic heterocycles. The predicted molar refractivity (Wildman–Crippen MR) is 68.1 cm³/mol. The van der Waals surface area contributed by atoms with Crippen LogP contribution in [0.1, 0.15) is 41.5 Å². The second-order valence-corrected chi connectivity index (χ2v) is 5.47. The first-order valence-corrected chi connectivity index (χ1v) is 6.26. The van der Waals surface area contributed by atoms with E-state index in [-0.39, 0.29) is 29.6 Å². The Morgan fingerprint density at radius 2 is 0.882 bits per heavy atom. The molecule has 0 aliphatic carbocycles. The van der Waals surface area contributed by atoms with Crippen molar-refractivity contribution in [1.29, 1.82) is 0 Å². The van der Waals surface area contributed by atoms with E-state index < -0.39 is 7.32 Å². The summed E-state index contributed by atoms with van der Waals surface area (Å²) in [4.78, 5) is 0. The Balaban J connectivity index is 0. The summed E-state index contributed by atoms with van der Waals surface area (Å²) < 4.78 is 16.7. The molecular formula is C12H27BNaO3. The zero-order chi connectivity index (χ0) is 12.6. The van der Waals surface area contributed by atoms with Gasteiger partial charge in [0.1, 0.15) is 0 Å². The first-order valence-electron chi connectivity index (χ1n) is 6.26. The molecule has 97 valence electrons. The molecule has 0 rings (SSSR count). The van der Waals surface area contributed by atoms with Gasteiger partial charge in [-0.1, -0.05) is 41.5 Å². The van der Waals surface area contributed by atoms with Crippen molar-refractivity contribution in [1.82, 2.24) is 0 Å². The Morgan fingerprint density at radius 3 is 1.06 bits per heavy atom. The van der Waals surface area contributed by atoms with Crippen molar-refractivity contribution in [3.63, 3.8) is 0 Å². The van der Waals surface area contributed by atoms with Crippen molar-refractivity contribution in [3.8, 4) is 0 Å². The van der Waals surface area contributed by atoms with Crippen LogP contribution in [0.5, 0.6) is 0 Å². The van der Waals surface area contributed by atoms with Gasteiger partial charge >= 0.3 is 36.9 Å². The molecule has 0 aromatic rings. The Bertz CT molecular complexity index is 137. The largest absolute Gasteiger partial charge is 1.00 e. The van der Waals surface area contributed by atoms with Crippen molar-refractivity contribution < 1.29 is 43.5 Å². The number of hydrogen-bond donors (Lipinski definition) is 0. The Labute approximate surface area is 129 Å². The van der Waals surface area contributed by atoms with Crippen molar-refractivity contribution >= 4 is 7.32 Å². The molecule has 17 heavy (non-hydrogen) atoms. The molecule has 0 saturated heterocycles. The molecule has 0 atom stereocenters. The van der Waals surface area contributed by atoms with Crippen LogP contribution in [0.25, 0.3) is 0 Å². The summed E-state index contributed by atoms with van der Waals surface area (Å²) in [5.41, 5.74) is 0. The van der Waals surface area contributed by atoms with E-state index in [1.807, 2.05) is 0 Å². The summed E-state index contributed by atoms with van der Waals surface area (Å²) in [5.74, 6) is 1.48. The minimum Gasteiger partial charge on any atom is -0.566 e. The van der Waals surface area contributed by atoms with Gasteiger partial charge in [-0.2, -0.15) is 0 Å². The third-order valence-electron chi connectivity index (χ3n) is 1.70. The van der Waals surface area contributed by atoms with Crippen LogP contribution >= 0.6 is 0 Å². The first kappa shape index (κ1) is 20.3. The van der Waals surface area contributed by atoms with Crippen LogP contribution in [-0.4, -0.2) is 27.1 Å². The van der Waals surface area contributed by atoms with E-state index in [0.717, 1.165) is 0 Å². The maximum atomic E-state index is 5.56. The fourth-order valence-electron chi connectivity index (χ4n) is 0.957. The minimum absolute atomic E-state index is 0. The Kier molecular flexibility index (Phi) is 14.3. The molecule has 1 radical (unpaired) electrons. The quantitative estimate of drug-likeness (QED) is 0.541. The van der Waals surface area contributed by atoms with E-state index in [1.54, 1.807) is 0 Å². The molecule has 0 amide bonds. The van der Waals surface area contributed by atoms with E-state index in [9.17, 15) is 0 Å². The fraction of sp³-hybridized carbons (Fsp3) is 1.00. The van der Waals surface area contributed by atoms with Gasteiger partial charge in [0.25, 0.3) is 0 Å². The second-order valence-electron chi connectivity index (χ2n) is 5.47. The van der Waals surface area contributed by atoms with E-state index >= 15 is 0 Å². The molecule has 0 bridgehead atoms. The van der Waals surface area contributed by atoms with Gasteiger partial charge in [-0.3, -0.25) is 0 Å². The van der Waals surface area contributed by atoms with Crippen molar-refractivity contribution in [2.24, 2.45) is 17.8 Å². The molecule has 0 spiro atoms. The maximum Gasteiger partial charge on any atom is 1.00 e. The van der Waals surface area contributed by atoms with Crippen molar-refractivity contribution in [2.75, 3.05) is 19.8 Å². The zero-order valence-electron chi connectivity index (χ0n) is 12.7. The average molecular weight is 253 g/mol. The molecule has 0 saturated carbocycles. The molecule has 5 heteroatoms. The molecule has 0 N–H and O–H groups in total. The first-order chi connectivity index (χ1) is 7.41.